The summed E-state index contributed by atoms with van der Waals surface area (Å²) in [5.74, 6) is 0.374. The van der Waals surface area contributed by atoms with Crippen molar-refractivity contribution >= 4 is 16.9 Å². The van der Waals surface area contributed by atoms with Gasteiger partial charge in [0.1, 0.15) is 5.75 Å². The average molecular weight is 461 g/mol. The molecule has 0 aliphatic carbocycles. The molecule has 5 rings (SSSR count). The van der Waals surface area contributed by atoms with Crippen LogP contribution < -0.4 is 4.74 Å². The monoisotopic (exact) mass is 460 g/mol. The second-order valence-electron chi connectivity index (χ2n) is 9.10. The molecule has 7 heteroatoms. The van der Waals surface area contributed by atoms with Gasteiger partial charge in [-0.1, -0.05) is 18.2 Å². The minimum atomic E-state index is -0.879. The first-order chi connectivity index (χ1) is 16.5. The topological polar surface area (TPSA) is 92.6 Å². The lowest BCUT2D eigenvalue weighted by Gasteiger charge is -2.45. The number of aromatic amines is 1. The van der Waals surface area contributed by atoms with Crippen molar-refractivity contribution in [2.45, 2.75) is 32.4 Å². The zero-order chi connectivity index (χ0) is 24.1. The Kier molecular flexibility index (Phi) is 7.51. The quantitative estimate of drug-likeness (QED) is 0.590. The fraction of sp³-hybridized carbons (Fsp3) is 0.407. The van der Waals surface area contributed by atoms with Gasteiger partial charge < -0.3 is 14.8 Å². The number of hydrogen-bond acceptors (Lipinski definition) is 5. The molecule has 7 nitrogen and oxygen atoms in total. The lowest BCUT2D eigenvalue weighted by Crippen LogP contribution is -2.54. The molecule has 2 fully saturated rings. The maximum absolute atomic E-state index is 10.2. The van der Waals surface area contributed by atoms with E-state index in [1.165, 1.54) is 34.9 Å². The summed E-state index contributed by atoms with van der Waals surface area (Å²) in [6, 6.07) is 15.6. The van der Waals surface area contributed by atoms with Crippen LogP contribution in [0.1, 0.15) is 34.3 Å². The predicted octanol–water partition coefficient (Wildman–Crippen LogP) is 4.29. The number of methoxy groups -OCH3 is 1. The highest BCUT2D eigenvalue weighted by Gasteiger charge is 2.34. The maximum Gasteiger partial charge on any atom is 0.335 e. The molecule has 0 spiro atoms. The maximum atomic E-state index is 10.2. The second kappa shape index (κ2) is 10.7. The van der Waals surface area contributed by atoms with Crippen molar-refractivity contribution in [3.63, 3.8) is 0 Å². The van der Waals surface area contributed by atoms with E-state index in [1.54, 1.807) is 37.4 Å². The molecular formula is C27H32N4O3. The minimum Gasteiger partial charge on any atom is -0.496 e. The van der Waals surface area contributed by atoms with Crippen molar-refractivity contribution in [1.82, 2.24) is 14.8 Å². The van der Waals surface area contributed by atoms with E-state index >= 15 is 0 Å². The molecule has 0 saturated carbocycles. The third-order valence-corrected chi connectivity index (χ3v) is 6.90. The average Bonchev–Trinajstić information content (AvgIpc) is 3.33. The number of H-pyrrole nitrogens is 1. The molecule has 2 aliphatic heterocycles. The molecule has 0 bridgehead atoms. The molecule has 2 N–H and O–H groups in total. The van der Waals surface area contributed by atoms with E-state index in [-0.39, 0.29) is 5.92 Å². The summed E-state index contributed by atoms with van der Waals surface area (Å²) in [5, 5.41) is 18.6. The summed E-state index contributed by atoms with van der Waals surface area (Å²) >= 11 is 0. The van der Waals surface area contributed by atoms with Crippen LogP contribution in [0.3, 0.4) is 0 Å². The van der Waals surface area contributed by atoms with Gasteiger partial charge in [-0.15, -0.1) is 0 Å². The molecule has 0 radical (unpaired) electrons. The molecule has 2 saturated heterocycles. The fourth-order valence-corrected chi connectivity index (χ4v) is 4.92. The van der Waals surface area contributed by atoms with E-state index in [4.69, 9.17) is 15.1 Å². The Morgan fingerprint density at radius 3 is 2.50 bits per heavy atom. The molecule has 178 valence electrons. The number of rotatable bonds is 5. The Hall–Kier alpha value is -3.34. The number of ether oxygens (including phenoxy) is 1. The summed E-state index contributed by atoms with van der Waals surface area (Å²) in [6.45, 7) is 7.22. The van der Waals surface area contributed by atoms with E-state index in [0.29, 0.717) is 11.6 Å². The first-order valence-electron chi connectivity index (χ1n) is 11.8. The Morgan fingerprint density at radius 1 is 1.21 bits per heavy atom. The van der Waals surface area contributed by atoms with Gasteiger partial charge >= 0.3 is 5.97 Å². The smallest absolute Gasteiger partial charge is 0.335 e. The van der Waals surface area contributed by atoms with Gasteiger partial charge in [-0.3, -0.25) is 9.80 Å². The lowest BCUT2D eigenvalue weighted by molar-refractivity contribution is 0.0373. The molecule has 3 heterocycles. The number of nitrogens with one attached hydrogen (secondary N) is 1. The van der Waals surface area contributed by atoms with Crippen LogP contribution in [0.2, 0.25) is 0 Å². The number of aromatic carboxylic acids is 1. The number of piperidine rings is 1. The van der Waals surface area contributed by atoms with E-state index in [2.05, 4.69) is 39.9 Å². The number of hydrogen-bond donors (Lipinski definition) is 2. The van der Waals surface area contributed by atoms with Gasteiger partial charge in [0.15, 0.2) is 0 Å². The van der Waals surface area contributed by atoms with Crippen molar-refractivity contribution < 1.29 is 14.6 Å². The van der Waals surface area contributed by atoms with Gasteiger partial charge in [0.05, 0.1) is 24.7 Å². The molecule has 2 aliphatic rings. The number of carbonyl (C=O) groups is 1. The number of nitrogens with zero attached hydrogens (tertiary/aromatic N) is 3. The number of carboxylic acids is 1. The normalized spacial score (nSPS) is 17.4. The number of aromatic nitrogens is 1. The zero-order valence-electron chi connectivity index (χ0n) is 19.8. The van der Waals surface area contributed by atoms with Gasteiger partial charge in [-0.05, 0) is 62.7 Å². The summed E-state index contributed by atoms with van der Waals surface area (Å²) in [7, 11) is 1.76. The molecule has 0 amide bonds. The standard InChI is InChI=1S/C20H26N4O.C7H6O2/c1-14-9-19(25-2)18(17-3-6-22-20(14)17)13-23-7-4-16(5-8-23)24-11-15(10-21)12-24;8-7(9)6-4-2-1-3-5-6/h3,6,9,15-16,22H,4-5,7-8,11-13H2,1-2H3;1-5H,(H,8,9). The van der Waals surface area contributed by atoms with Crippen LogP contribution in [0.25, 0.3) is 10.9 Å². The van der Waals surface area contributed by atoms with Crippen molar-refractivity contribution in [2.24, 2.45) is 5.92 Å². The molecule has 34 heavy (non-hydrogen) atoms. The number of fused-ring (bicyclic) bond motifs is 1. The second-order valence-corrected chi connectivity index (χ2v) is 9.10. The number of carboxylic acid groups (broad SMARTS) is 1. The van der Waals surface area contributed by atoms with Crippen molar-refractivity contribution in [3.8, 4) is 11.8 Å². The lowest BCUT2D eigenvalue weighted by atomic mass is 9.94. The van der Waals surface area contributed by atoms with Crippen LogP contribution in [0.4, 0.5) is 0 Å². The van der Waals surface area contributed by atoms with Crippen LogP contribution in [0.15, 0.2) is 48.7 Å². The Bertz CT molecular complexity index is 1150. The largest absolute Gasteiger partial charge is 0.496 e. The highest BCUT2D eigenvalue weighted by Crippen LogP contribution is 2.33. The number of likely N-dealkylation sites (tertiary alicyclic amines) is 2. The number of nitriles is 1. The van der Waals surface area contributed by atoms with Crippen LogP contribution in [0, 0.1) is 24.2 Å². The first kappa shape index (κ1) is 23.8. The summed E-state index contributed by atoms with van der Waals surface area (Å²) < 4.78 is 5.68. The molecule has 1 aromatic heterocycles. The summed E-state index contributed by atoms with van der Waals surface area (Å²) in [6.07, 6.45) is 4.41. The Morgan fingerprint density at radius 2 is 1.91 bits per heavy atom. The predicted molar refractivity (Wildman–Crippen MR) is 132 cm³/mol. The van der Waals surface area contributed by atoms with Crippen LogP contribution in [-0.2, 0) is 6.54 Å². The van der Waals surface area contributed by atoms with Crippen LogP contribution >= 0.6 is 0 Å². The molecule has 2 aromatic carbocycles. The number of aryl methyl sites for hydroxylation is 1. The SMILES string of the molecule is COc1cc(C)c2[nH]ccc2c1CN1CCC(N2CC(C#N)C2)CC1.O=C(O)c1ccccc1. The Labute approximate surface area is 200 Å². The van der Waals surface area contributed by atoms with Gasteiger partial charge in [0.2, 0.25) is 0 Å². The molecular weight excluding hydrogens is 428 g/mol. The van der Waals surface area contributed by atoms with Crippen molar-refractivity contribution in [1.29, 1.82) is 5.26 Å². The van der Waals surface area contributed by atoms with Gasteiger partial charge in [-0.25, -0.2) is 4.79 Å². The van der Waals surface area contributed by atoms with E-state index < -0.39 is 5.97 Å². The highest BCUT2D eigenvalue weighted by molar-refractivity contribution is 5.88. The van der Waals surface area contributed by atoms with Crippen molar-refractivity contribution in [3.05, 3.63) is 65.4 Å². The van der Waals surface area contributed by atoms with Gasteiger partial charge in [-0.2, -0.15) is 5.26 Å². The van der Waals surface area contributed by atoms with E-state index in [1.807, 2.05) is 6.20 Å². The first-order valence-corrected chi connectivity index (χ1v) is 11.8. The molecule has 0 unspecified atom stereocenters. The number of benzene rings is 2. The summed E-state index contributed by atoms with van der Waals surface area (Å²) in [5.41, 5.74) is 4.06. The van der Waals surface area contributed by atoms with E-state index in [9.17, 15) is 4.79 Å². The Balaban J connectivity index is 0.000000257. The van der Waals surface area contributed by atoms with Crippen LogP contribution in [-0.4, -0.2) is 65.2 Å². The summed E-state index contributed by atoms with van der Waals surface area (Å²) in [4.78, 5) is 18.6. The third kappa shape index (κ3) is 5.24. The fourth-order valence-electron chi connectivity index (χ4n) is 4.92. The van der Waals surface area contributed by atoms with Crippen molar-refractivity contribution in [2.75, 3.05) is 33.3 Å². The minimum absolute atomic E-state index is 0.261. The zero-order valence-corrected chi connectivity index (χ0v) is 19.8. The van der Waals surface area contributed by atoms with Crippen LogP contribution in [0.5, 0.6) is 5.75 Å². The third-order valence-electron chi connectivity index (χ3n) is 6.90. The molecule has 0 atom stereocenters. The highest BCUT2D eigenvalue weighted by atomic mass is 16.5. The van der Waals surface area contributed by atoms with Gasteiger partial charge in [0, 0.05) is 48.3 Å². The molecule has 3 aromatic rings. The van der Waals surface area contributed by atoms with Gasteiger partial charge in [0.25, 0.3) is 0 Å². The van der Waals surface area contributed by atoms with E-state index in [0.717, 1.165) is 38.5 Å².